The molecular formula is C25H29ClF2N8O2. The Bertz CT molecular complexity index is 1350. The second kappa shape index (κ2) is 10.7. The smallest absolute Gasteiger partial charge is 0.225 e. The molecule has 0 spiro atoms. The van der Waals surface area contributed by atoms with Crippen molar-refractivity contribution in [3.63, 3.8) is 0 Å². The predicted molar refractivity (Wildman–Crippen MR) is 139 cm³/mol. The lowest BCUT2D eigenvalue weighted by Gasteiger charge is -2.32. The Morgan fingerprint density at radius 2 is 1.89 bits per heavy atom. The summed E-state index contributed by atoms with van der Waals surface area (Å²) in [4.78, 5) is 39.1. The van der Waals surface area contributed by atoms with Gasteiger partial charge in [-0.15, -0.1) is 0 Å². The van der Waals surface area contributed by atoms with E-state index in [1.807, 2.05) is 4.57 Å². The number of hydrogen-bond donors (Lipinski definition) is 3. The van der Waals surface area contributed by atoms with Crippen LogP contribution in [0.2, 0.25) is 5.02 Å². The number of piperidine rings is 1. The molecule has 1 aliphatic heterocycles. The number of carbonyl (C=O) groups is 2. The molecule has 2 aliphatic rings. The first-order chi connectivity index (χ1) is 18.2. The molecule has 1 unspecified atom stereocenters. The van der Waals surface area contributed by atoms with Crippen molar-refractivity contribution in [2.75, 3.05) is 23.7 Å². The van der Waals surface area contributed by atoms with E-state index in [0.29, 0.717) is 49.3 Å². The third kappa shape index (κ3) is 5.35. The largest absolute Gasteiger partial charge is 0.369 e. The van der Waals surface area contributed by atoms with Gasteiger partial charge < -0.3 is 21.3 Å². The SMILES string of the molecule is CC(=O)N1CCCC(Nc2ncc3nc(Nc4c(F)cc(F)cc4Cl)n(C4CCC(C(N)=O)CC4)c3n2)C1. The molecule has 0 radical (unpaired) electrons. The average Bonchev–Trinajstić information content (AvgIpc) is 3.23. The van der Waals surface area contributed by atoms with Crippen LogP contribution in [0.5, 0.6) is 0 Å². The Labute approximate surface area is 223 Å². The van der Waals surface area contributed by atoms with E-state index in [-0.39, 0.29) is 46.5 Å². The fraction of sp³-hybridized carbons (Fsp3) is 0.480. The van der Waals surface area contributed by atoms with Crippen molar-refractivity contribution in [3.05, 3.63) is 35.0 Å². The van der Waals surface area contributed by atoms with Crippen LogP contribution in [-0.4, -0.2) is 55.4 Å². The van der Waals surface area contributed by atoms with E-state index in [2.05, 4.69) is 20.6 Å². The number of rotatable bonds is 6. The highest BCUT2D eigenvalue weighted by molar-refractivity contribution is 6.33. The normalized spacial score (nSPS) is 21.9. The van der Waals surface area contributed by atoms with Gasteiger partial charge in [-0.2, -0.15) is 4.98 Å². The molecule has 1 aliphatic carbocycles. The van der Waals surface area contributed by atoms with E-state index in [9.17, 15) is 18.4 Å². The van der Waals surface area contributed by atoms with Crippen LogP contribution in [0.4, 0.5) is 26.4 Å². The number of halogens is 3. The van der Waals surface area contributed by atoms with Crippen LogP contribution in [0.25, 0.3) is 11.2 Å². The summed E-state index contributed by atoms with van der Waals surface area (Å²) in [5.74, 6) is -1.47. The number of nitrogens with zero attached hydrogens (tertiary/aromatic N) is 5. The maximum atomic E-state index is 14.6. The Hall–Kier alpha value is -3.54. The number of nitrogens with one attached hydrogen (secondary N) is 2. The van der Waals surface area contributed by atoms with E-state index in [1.165, 1.54) is 0 Å². The van der Waals surface area contributed by atoms with E-state index in [0.717, 1.165) is 31.5 Å². The van der Waals surface area contributed by atoms with E-state index >= 15 is 0 Å². The number of primary amides is 1. The molecule has 1 atom stereocenters. The van der Waals surface area contributed by atoms with Crippen molar-refractivity contribution < 1.29 is 18.4 Å². The highest BCUT2D eigenvalue weighted by Gasteiger charge is 2.30. The molecule has 2 aromatic heterocycles. The van der Waals surface area contributed by atoms with Crippen LogP contribution in [0.1, 0.15) is 51.5 Å². The molecule has 4 N–H and O–H groups in total. The molecular weight excluding hydrogens is 518 g/mol. The summed E-state index contributed by atoms with van der Waals surface area (Å²) in [5.41, 5.74) is 6.42. The molecule has 202 valence electrons. The zero-order valence-electron chi connectivity index (χ0n) is 20.9. The van der Waals surface area contributed by atoms with Crippen molar-refractivity contribution in [3.8, 4) is 0 Å². The van der Waals surface area contributed by atoms with Gasteiger partial charge in [-0.05, 0) is 44.6 Å². The number of nitrogens with two attached hydrogens (primary N) is 1. The summed E-state index contributed by atoms with van der Waals surface area (Å²) >= 11 is 6.15. The van der Waals surface area contributed by atoms with E-state index in [1.54, 1.807) is 18.0 Å². The number of benzene rings is 1. The summed E-state index contributed by atoms with van der Waals surface area (Å²) < 4.78 is 30.1. The minimum atomic E-state index is -0.855. The third-order valence-corrected chi connectivity index (χ3v) is 7.64. The van der Waals surface area contributed by atoms with Crippen molar-refractivity contribution in [1.82, 2.24) is 24.4 Å². The van der Waals surface area contributed by atoms with Crippen LogP contribution in [0.3, 0.4) is 0 Å². The van der Waals surface area contributed by atoms with Gasteiger partial charge >= 0.3 is 0 Å². The first kappa shape index (κ1) is 26.1. The van der Waals surface area contributed by atoms with Crippen molar-refractivity contribution in [1.29, 1.82) is 0 Å². The van der Waals surface area contributed by atoms with Gasteiger partial charge in [-0.3, -0.25) is 14.2 Å². The number of amides is 2. The van der Waals surface area contributed by atoms with Gasteiger partial charge in [0.1, 0.15) is 11.3 Å². The lowest BCUT2D eigenvalue weighted by molar-refractivity contribution is -0.129. The Morgan fingerprint density at radius 1 is 1.13 bits per heavy atom. The Balaban J connectivity index is 1.50. The number of fused-ring (bicyclic) bond motifs is 1. The number of likely N-dealkylation sites (tertiary alicyclic amines) is 1. The molecule has 3 heterocycles. The molecule has 1 saturated carbocycles. The Kier molecular flexibility index (Phi) is 7.33. The molecule has 5 rings (SSSR count). The van der Waals surface area contributed by atoms with E-state index in [4.69, 9.17) is 22.3 Å². The lowest BCUT2D eigenvalue weighted by Crippen LogP contribution is -2.44. The quantitative estimate of drug-likeness (QED) is 0.423. The van der Waals surface area contributed by atoms with Crippen LogP contribution in [0, 0.1) is 17.6 Å². The van der Waals surface area contributed by atoms with Crippen LogP contribution >= 0.6 is 11.6 Å². The van der Waals surface area contributed by atoms with Gasteiger partial charge in [0.2, 0.25) is 23.7 Å². The van der Waals surface area contributed by atoms with Gasteiger partial charge in [-0.25, -0.2) is 18.7 Å². The lowest BCUT2D eigenvalue weighted by atomic mass is 9.85. The summed E-state index contributed by atoms with van der Waals surface area (Å²) in [6, 6.07) is 1.66. The Morgan fingerprint density at radius 3 is 2.58 bits per heavy atom. The number of carbonyl (C=O) groups excluding carboxylic acids is 2. The van der Waals surface area contributed by atoms with Crippen LogP contribution in [-0.2, 0) is 9.59 Å². The van der Waals surface area contributed by atoms with Gasteiger partial charge in [0.25, 0.3) is 0 Å². The third-order valence-electron chi connectivity index (χ3n) is 7.34. The number of anilines is 3. The fourth-order valence-corrected chi connectivity index (χ4v) is 5.59. The van der Waals surface area contributed by atoms with Crippen molar-refractivity contribution in [2.45, 2.75) is 57.5 Å². The fourth-order valence-electron chi connectivity index (χ4n) is 5.35. The topological polar surface area (TPSA) is 131 Å². The number of aromatic nitrogens is 4. The van der Waals surface area contributed by atoms with Crippen LogP contribution < -0.4 is 16.4 Å². The maximum Gasteiger partial charge on any atom is 0.225 e. The average molecular weight is 547 g/mol. The minimum Gasteiger partial charge on any atom is -0.369 e. The monoisotopic (exact) mass is 546 g/mol. The summed E-state index contributed by atoms with van der Waals surface area (Å²) in [7, 11) is 0. The summed E-state index contributed by atoms with van der Waals surface area (Å²) in [6.07, 6.45) is 5.80. The van der Waals surface area contributed by atoms with Crippen LogP contribution in [0.15, 0.2) is 18.3 Å². The zero-order chi connectivity index (χ0) is 27.0. The van der Waals surface area contributed by atoms with Crippen molar-refractivity contribution in [2.24, 2.45) is 11.7 Å². The summed E-state index contributed by atoms with van der Waals surface area (Å²) in [5, 5.41) is 6.14. The molecule has 13 heteroatoms. The highest BCUT2D eigenvalue weighted by atomic mass is 35.5. The molecule has 1 aromatic carbocycles. The zero-order valence-corrected chi connectivity index (χ0v) is 21.6. The first-order valence-corrected chi connectivity index (χ1v) is 13.0. The number of hydrogen-bond acceptors (Lipinski definition) is 7. The van der Waals surface area contributed by atoms with Gasteiger partial charge in [-0.1, -0.05) is 11.6 Å². The molecule has 2 amide bonds. The second-order valence-electron chi connectivity index (χ2n) is 9.93. The second-order valence-corrected chi connectivity index (χ2v) is 10.3. The predicted octanol–water partition coefficient (Wildman–Crippen LogP) is 4.14. The maximum absolute atomic E-state index is 14.6. The standard InChI is InChI=1S/C25H29ClF2N8O2/c1-13(37)35-8-2-3-16(12-35)31-24-30-11-20-23(34-24)36(17-6-4-14(5-7-17)22(29)38)25(32-20)33-21-18(26)9-15(27)10-19(21)28/h9-11,14,16-17H,2-8,12H2,1H3,(H2,29,38)(H,32,33)(H,30,31,34). The molecule has 0 bridgehead atoms. The van der Waals surface area contributed by atoms with Crippen molar-refractivity contribution >= 4 is 52.2 Å². The highest BCUT2D eigenvalue weighted by Crippen LogP contribution is 2.38. The van der Waals surface area contributed by atoms with Gasteiger partial charge in [0.05, 0.1) is 16.9 Å². The van der Waals surface area contributed by atoms with Gasteiger partial charge in [0.15, 0.2) is 11.5 Å². The minimum absolute atomic E-state index is 0.00260. The van der Waals surface area contributed by atoms with E-state index < -0.39 is 11.6 Å². The molecule has 38 heavy (non-hydrogen) atoms. The van der Waals surface area contributed by atoms with Gasteiger partial charge in [0, 0.05) is 44.1 Å². The first-order valence-electron chi connectivity index (χ1n) is 12.7. The number of imidazole rings is 1. The molecule has 2 fully saturated rings. The molecule has 10 nitrogen and oxygen atoms in total. The molecule has 1 saturated heterocycles. The molecule has 3 aromatic rings. The summed E-state index contributed by atoms with van der Waals surface area (Å²) in [6.45, 7) is 2.84.